The van der Waals surface area contributed by atoms with Crippen molar-refractivity contribution in [3.05, 3.63) is 52.1 Å². The van der Waals surface area contributed by atoms with E-state index in [4.69, 9.17) is 5.73 Å². The minimum atomic E-state index is -0.268. The minimum Gasteiger partial charge on any atom is -0.383 e. The van der Waals surface area contributed by atoms with E-state index in [9.17, 15) is 4.79 Å². The highest BCUT2D eigenvalue weighted by Crippen LogP contribution is 2.18. The number of pyridine rings is 1. The summed E-state index contributed by atoms with van der Waals surface area (Å²) in [5.74, 6) is -0.0542. The maximum Gasteiger partial charge on any atom is 0.259 e. The molecule has 2 rings (SSSR count). The van der Waals surface area contributed by atoms with Crippen molar-refractivity contribution in [3.8, 4) is 0 Å². The van der Waals surface area contributed by atoms with Crippen LogP contribution in [0.15, 0.2) is 41.0 Å². The molecule has 0 atom stereocenters. The number of carbonyl (C=O) groups excluding carboxylic acids is 1. The number of aromatic nitrogens is 1. The maximum absolute atomic E-state index is 12.1. The number of nitrogens with two attached hydrogens (primary N) is 1. The first-order valence-corrected chi connectivity index (χ1v) is 6.70. The molecule has 0 saturated heterocycles. The molecule has 0 aliphatic carbocycles. The summed E-state index contributed by atoms with van der Waals surface area (Å²) in [6.07, 6.45) is 2.53. The lowest BCUT2D eigenvalue weighted by Crippen LogP contribution is -2.14. The fraction of sp³-hybridized carbons (Fsp3) is 0.143. The zero-order valence-electron chi connectivity index (χ0n) is 10.5. The second kappa shape index (κ2) is 5.84. The first-order valence-electron chi connectivity index (χ1n) is 5.91. The summed E-state index contributed by atoms with van der Waals surface area (Å²) in [4.78, 5) is 16.0. The average Bonchev–Trinajstić information content (AvgIpc) is 2.42. The van der Waals surface area contributed by atoms with Gasteiger partial charge in [-0.15, -0.1) is 0 Å². The molecule has 1 heterocycles. The van der Waals surface area contributed by atoms with Gasteiger partial charge in [0.2, 0.25) is 0 Å². The molecule has 0 spiro atoms. The highest BCUT2D eigenvalue weighted by Gasteiger charge is 2.11. The van der Waals surface area contributed by atoms with Gasteiger partial charge in [0.25, 0.3) is 5.91 Å². The normalized spacial score (nSPS) is 10.2. The molecule has 19 heavy (non-hydrogen) atoms. The van der Waals surface area contributed by atoms with E-state index in [0.29, 0.717) is 10.0 Å². The van der Waals surface area contributed by atoms with Gasteiger partial charge in [0.1, 0.15) is 5.82 Å². The third kappa shape index (κ3) is 3.32. The summed E-state index contributed by atoms with van der Waals surface area (Å²) < 4.78 is 0.716. The Morgan fingerprint density at radius 2 is 2.05 bits per heavy atom. The maximum atomic E-state index is 12.1. The van der Waals surface area contributed by atoms with Gasteiger partial charge in [0.15, 0.2) is 0 Å². The average molecular weight is 320 g/mol. The fourth-order valence-corrected chi connectivity index (χ4v) is 1.99. The van der Waals surface area contributed by atoms with E-state index in [1.54, 1.807) is 12.3 Å². The lowest BCUT2D eigenvalue weighted by molar-refractivity contribution is 0.102. The van der Waals surface area contributed by atoms with Gasteiger partial charge in [-0.3, -0.25) is 4.79 Å². The Hall–Kier alpha value is -1.88. The standard InChI is InChI=1S/C14H14BrN3O/c1-2-9-3-5-11(6-4-9)18-14(19)12-7-10(15)8-17-13(12)16/h3-8H,2H2,1H3,(H2,16,17)(H,18,19). The van der Waals surface area contributed by atoms with Crippen LogP contribution in [0.25, 0.3) is 0 Å². The SMILES string of the molecule is CCc1ccc(NC(=O)c2cc(Br)cnc2N)cc1. The number of nitrogen functional groups attached to an aromatic ring is 1. The van der Waals surface area contributed by atoms with Crippen LogP contribution in [0.2, 0.25) is 0 Å². The van der Waals surface area contributed by atoms with Crippen LogP contribution < -0.4 is 11.1 Å². The Morgan fingerprint density at radius 3 is 2.68 bits per heavy atom. The number of rotatable bonds is 3. The third-order valence-corrected chi connectivity index (χ3v) is 3.18. The Kier molecular flexibility index (Phi) is 4.16. The van der Waals surface area contributed by atoms with Crippen LogP contribution in [0, 0.1) is 0 Å². The molecule has 0 aliphatic rings. The van der Waals surface area contributed by atoms with E-state index in [0.717, 1.165) is 12.1 Å². The molecule has 1 aromatic carbocycles. The van der Waals surface area contributed by atoms with E-state index in [1.807, 2.05) is 24.3 Å². The van der Waals surface area contributed by atoms with Gasteiger partial charge in [0, 0.05) is 16.4 Å². The van der Waals surface area contributed by atoms with Crippen LogP contribution in [0.1, 0.15) is 22.8 Å². The van der Waals surface area contributed by atoms with Crippen molar-refractivity contribution in [1.29, 1.82) is 0 Å². The second-order valence-electron chi connectivity index (χ2n) is 4.09. The molecule has 4 nitrogen and oxygen atoms in total. The molecule has 0 radical (unpaired) electrons. The van der Waals surface area contributed by atoms with Gasteiger partial charge in [-0.2, -0.15) is 0 Å². The molecule has 2 aromatic rings. The molecule has 0 saturated carbocycles. The Morgan fingerprint density at radius 1 is 1.37 bits per heavy atom. The van der Waals surface area contributed by atoms with Gasteiger partial charge in [-0.1, -0.05) is 19.1 Å². The van der Waals surface area contributed by atoms with Crippen molar-refractivity contribution < 1.29 is 4.79 Å². The van der Waals surface area contributed by atoms with Crippen LogP contribution in [-0.2, 0) is 6.42 Å². The molecule has 5 heteroatoms. The Balaban J connectivity index is 2.18. The van der Waals surface area contributed by atoms with Crippen molar-refractivity contribution in [1.82, 2.24) is 4.98 Å². The number of benzene rings is 1. The van der Waals surface area contributed by atoms with Crippen LogP contribution >= 0.6 is 15.9 Å². The number of hydrogen-bond donors (Lipinski definition) is 2. The summed E-state index contributed by atoms with van der Waals surface area (Å²) in [6, 6.07) is 9.37. The van der Waals surface area contributed by atoms with Crippen LogP contribution in [0.3, 0.4) is 0 Å². The number of amides is 1. The molecule has 0 unspecified atom stereocenters. The number of anilines is 2. The van der Waals surface area contributed by atoms with Gasteiger partial charge in [-0.25, -0.2) is 4.98 Å². The number of nitrogens with one attached hydrogen (secondary N) is 1. The lowest BCUT2D eigenvalue weighted by Gasteiger charge is -2.08. The molecule has 98 valence electrons. The lowest BCUT2D eigenvalue weighted by atomic mass is 10.1. The Labute approximate surface area is 120 Å². The summed E-state index contributed by atoms with van der Waals surface area (Å²) in [7, 11) is 0. The summed E-state index contributed by atoms with van der Waals surface area (Å²) in [6.45, 7) is 2.08. The highest BCUT2D eigenvalue weighted by atomic mass is 79.9. The molecule has 1 aromatic heterocycles. The quantitative estimate of drug-likeness (QED) is 0.912. The second-order valence-corrected chi connectivity index (χ2v) is 5.01. The largest absolute Gasteiger partial charge is 0.383 e. The van der Waals surface area contributed by atoms with Gasteiger partial charge in [0.05, 0.1) is 5.56 Å². The van der Waals surface area contributed by atoms with Crippen molar-refractivity contribution in [2.24, 2.45) is 0 Å². The molecular weight excluding hydrogens is 306 g/mol. The van der Waals surface area contributed by atoms with Crippen LogP contribution in [-0.4, -0.2) is 10.9 Å². The first kappa shape index (κ1) is 13.5. The number of aryl methyl sites for hydroxylation is 1. The number of hydrogen-bond acceptors (Lipinski definition) is 3. The number of nitrogens with zero attached hydrogens (tertiary/aromatic N) is 1. The monoisotopic (exact) mass is 319 g/mol. The predicted molar refractivity (Wildman–Crippen MR) is 80.1 cm³/mol. The van der Waals surface area contributed by atoms with Gasteiger partial charge >= 0.3 is 0 Å². The van der Waals surface area contributed by atoms with Crippen molar-refractivity contribution in [2.45, 2.75) is 13.3 Å². The number of carbonyl (C=O) groups is 1. The molecule has 0 fully saturated rings. The fourth-order valence-electron chi connectivity index (χ4n) is 1.65. The highest BCUT2D eigenvalue weighted by molar-refractivity contribution is 9.10. The van der Waals surface area contributed by atoms with E-state index >= 15 is 0 Å². The van der Waals surface area contributed by atoms with Gasteiger partial charge in [-0.05, 0) is 46.1 Å². The predicted octanol–water partition coefficient (Wildman–Crippen LogP) is 3.24. The first-order chi connectivity index (χ1) is 9.10. The molecule has 3 N–H and O–H groups in total. The van der Waals surface area contributed by atoms with E-state index in [2.05, 4.69) is 33.2 Å². The Bertz CT molecular complexity index is 596. The molecule has 1 amide bonds. The van der Waals surface area contributed by atoms with E-state index in [1.165, 1.54) is 5.56 Å². The summed E-state index contributed by atoms with van der Waals surface area (Å²) in [5, 5.41) is 2.80. The zero-order valence-corrected chi connectivity index (χ0v) is 12.1. The third-order valence-electron chi connectivity index (χ3n) is 2.75. The smallest absolute Gasteiger partial charge is 0.259 e. The van der Waals surface area contributed by atoms with Crippen molar-refractivity contribution in [3.63, 3.8) is 0 Å². The molecular formula is C14H14BrN3O. The topological polar surface area (TPSA) is 68.0 Å². The number of halogens is 1. The van der Waals surface area contributed by atoms with E-state index in [-0.39, 0.29) is 11.7 Å². The van der Waals surface area contributed by atoms with E-state index < -0.39 is 0 Å². The minimum absolute atomic E-state index is 0.214. The van der Waals surface area contributed by atoms with Crippen molar-refractivity contribution >= 4 is 33.3 Å². The van der Waals surface area contributed by atoms with Crippen molar-refractivity contribution in [2.75, 3.05) is 11.1 Å². The molecule has 0 bridgehead atoms. The zero-order chi connectivity index (χ0) is 13.8. The van der Waals surface area contributed by atoms with Gasteiger partial charge < -0.3 is 11.1 Å². The van der Waals surface area contributed by atoms with Crippen LogP contribution in [0.5, 0.6) is 0 Å². The molecule has 0 aliphatic heterocycles. The summed E-state index contributed by atoms with van der Waals surface area (Å²) in [5.41, 5.74) is 8.01. The summed E-state index contributed by atoms with van der Waals surface area (Å²) >= 11 is 3.27. The van der Waals surface area contributed by atoms with Crippen LogP contribution in [0.4, 0.5) is 11.5 Å².